The Labute approximate surface area is 104 Å². The van der Waals surface area contributed by atoms with Gasteiger partial charge in [-0.2, -0.15) is 0 Å². The SMILES string of the molecule is CCN(CC)C(=O)N(CCC(=N)N)CC(C)C. The smallest absolute Gasteiger partial charge is 0.320 e. The minimum Gasteiger partial charge on any atom is -0.388 e. The summed E-state index contributed by atoms with van der Waals surface area (Å²) in [6, 6.07) is 0.0463. The summed E-state index contributed by atoms with van der Waals surface area (Å²) in [6.07, 6.45) is 0.444. The third-order valence-corrected chi connectivity index (χ3v) is 2.54. The molecule has 5 nitrogen and oxygen atoms in total. The molecule has 0 aromatic rings. The summed E-state index contributed by atoms with van der Waals surface area (Å²) in [5, 5.41) is 7.23. The van der Waals surface area contributed by atoms with E-state index in [9.17, 15) is 4.79 Å². The molecule has 0 saturated carbocycles. The van der Waals surface area contributed by atoms with E-state index in [1.54, 1.807) is 9.80 Å². The molecule has 0 atom stereocenters. The lowest BCUT2D eigenvalue weighted by molar-refractivity contribution is 0.153. The van der Waals surface area contributed by atoms with Crippen LogP contribution < -0.4 is 5.73 Å². The van der Waals surface area contributed by atoms with E-state index in [-0.39, 0.29) is 11.9 Å². The molecule has 0 aromatic carbocycles. The third-order valence-electron chi connectivity index (χ3n) is 2.54. The van der Waals surface area contributed by atoms with Gasteiger partial charge < -0.3 is 15.5 Å². The highest BCUT2D eigenvalue weighted by Gasteiger charge is 2.19. The number of carbonyl (C=O) groups is 1. The molecule has 0 aromatic heterocycles. The zero-order valence-corrected chi connectivity index (χ0v) is 11.5. The Morgan fingerprint density at radius 1 is 1.24 bits per heavy atom. The van der Waals surface area contributed by atoms with Crippen LogP contribution in [0.5, 0.6) is 0 Å². The number of rotatable bonds is 7. The number of hydrogen-bond donors (Lipinski definition) is 2. The van der Waals surface area contributed by atoms with E-state index in [0.717, 1.165) is 0 Å². The second-order valence-corrected chi connectivity index (χ2v) is 4.57. The van der Waals surface area contributed by atoms with Crippen molar-refractivity contribution in [2.45, 2.75) is 34.1 Å². The summed E-state index contributed by atoms with van der Waals surface area (Å²) in [6.45, 7) is 10.8. The van der Waals surface area contributed by atoms with Gasteiger partial charge in [0.15, 0.2) is 0 Å². The highest BCUT2D eigenvalue weighted by Crippen LogP contribution is 2.05. The molecule has 0 rings (SSSR count). The molecule has 0 unspecified atom stereocenters. The lowest BCUT2D eigenvalue weighted by atomic mass is 10.2. The average Bonchev–Trinajstić information content (AvgIpc) is 2.25. The second kappa shape index (κ2) is 7.92. The fourth-order valence-corrected chi connectivity index (χ4v) is 1.66. The molecule has 0 fully saturated rings. The minimum absolute atomic E-state index is 0.0463. The molecular formula is C12H26N4O. The quantitative estimate of drug-likeness (QED) is 0.527. The van der Waals surface area contributed by atoms with Gasteiger partial charge >= 0.3 is 6.03 Å². The van der Waals surface area contributed by atoms with Crippen molar-refractivity contribution >= 4 is 11.9 Å². The Kier molecular flexibility index (Phi) is 7.34. The first kappa shape index (κ1) is 15.7. The predicted octanol–water partition coefficient (Wildman–Crippen LogP) is 1.73. The van der Waals surface area contributed by atoms with Crippen LogP contribution in [-0.4, -0.2) is 47.8 Å². The van der Waals surface area contributed by atoms with Crippen molar-refractivity contribution in [3.63, 3.8) is 0 Å². The van der Waals surface area contributed by atoms with Crippen LogP contribution in [0.1, 0.15) is 34.1 Å². The monoisotopic (exact) mass is 242 g/mol. The van der Waals surface area contributed by atoms with Gasteiger partial charge in [0, 0.05) is 32.6 Å². The standard InChI is InChI=1S/C12H26N4O/c1-5-15(6-2)12(17)16(9-10(3)4)8-7-11(13)14/h10H,5-9H2,1-4H3,(H3,13,14). The van der Waals surface area contributed by atoms with E-state index in [1.165, 1.54) is 0 Å². The lowest BCUT2D eigenvalue weighted by Gasteiger charge is -2.30. The van der Waals surface area contributed by atoms with Gasteiger partial charge in [0.25, 0.3) is 0 Å². The van der Waals surface area contributed by atoms with Crippen LogP contribution in [-0.2, 0) is 0 Å². The van der Waals surface area contributed by atoms with Crippen LogP contribution in [0.15, 0.2) is 0 Å². The molecular weight excluding hydrogens is 216 g/mol. The molecule has 0 aliphatic rings. The van der Waals surface area contributed by atoms with E-state index < -0.39 is 0 Å². The van der Waals surface area contributed by atoms with Gasteiger partial charge in [-0.25, -0.2) is 4.79 Å². The van der Waals surface area contributed by atoms with Gasteiger partial charge in [-0.3, -0.25) is 5.41 Å². The molecule has 0 heterocycles. The summed E-state index contributed by atoms with van der Waals surface area (Å²) in [5.41, 5.74) is 5.34. The number of amides is 2. The highest BCUT2D eigenvalue weighted by atomic mass is 16.2. The first-order valence-corrected chi connectivity index (χ1v) is 6.29. The molecule has 100 valence electrons. The Morgan fingerprint density at radius 3 is 2.12 bits per heavy atom. The van der Waals surface area contributed by atoms with Crippen LogP contribution in [0, 0.1) is 11.3 Å². The summed E-state index contributed by atoms with van der Waals surface area (Å²) in [5.74, 6) is 0.549. The summed E-state index contributed by atoms with van der Waals surface area (Å²) >= 11 is 0. The number of carbonyl (C=O) groups excluding carboxylic acids is 1. The maximum atomic E-state index is 12.2. The molecule has 0 bridgehead atoms. The number of nitrogens with zero attached hydrogens (tertiary/aromatic N) is 2. The van der Waals surface area contributed by atoms with E-state index in [0.29, 0.717) is 38.5 Å². The molecule has 17 heavy (non-hydrogen) atoms. The molecule has 0 spiro atoms. The van der Waals surface area contributed by atoms with E-state index in [1.807, 2.05) is 13.8 Å². The average molecular weight is 242 g/mol. The normalized spacial score (nSPS) is 10.4. The van der Waals surface area contributed by atoms with Gasteiger partial charge in [-0.1, -0.05) is 13.8 Å². The zero-order chi connectivity index (χ0) is 13.4. The van der Waals surface area contributed by atoms with E-state index in [2.05, 4.69) is 13.8 Å². The third kappa shape index (κ3) is 6.14. The number of amidine groups is 1. The van der Waals surface area contributed by atoms with Crippen molar-refractivity contribution in [3.8, 4) is 0 Å². The fraction of sp³-hybridized carbons (Fsp3) is 0.833. The van der Waals surface area contributed by atoms with Crippen LogP contribution in [0.3, 0.4) is 0 Å². The van der Waals surface area contributed by atoms with Crippen LogP contribution in [0.25, 0.3) is 0 Å². The second-order valence-electron chi connectivity index (χ2n) is 4.57. The maximum Gasteiger partial charge on any atom is 0.320 e. The maximum absolute atomic E-state index is 12.2. The van der Waals surface area contributed by atoms with Gasteiger partial charge in [0.1, 0.15) is 0 Å². The van der Waals surface area contributed by atoms with E-state index in [4.69, 9.17) is 11.1 Å². The topological polar surface area (TPSA) is 73.4 Å². The van der Waals surface area contributed by atoms with Gasteiger partial charge in [0.05, 0.1) is 5.84 Å². The van der Waals surface area contributed by atoms with E-state index >= 15 is 0 Å². The van der Waals surface area contributed by atoms with Crippen molar-refractivity contribution in [2.75, 3.05) is 26.2 Å². The number of nitrogens with one attached hydrogen (secondary N) is 1. The molecule has 0 saturated heterocycles. The van der Waals surface area contributed by atoms with Crippen LogP contribution >= 0.6 is 0 Å². The minimum atomic E-state index is 0.0463. The summed E-state index contributed by atoms with van der Waals surface area (Å²) in [7, 11) is 0. The van der Waals surface area contributed by atoms with Crippen LogP contribution in [0.2, 0.25) is 0 Å². The van der Waals surface area contributed by atoms with Crippen LogP contribution in [0.4, 0.5) is 4.79 Å². The number of nitrogens with two attached hydrogens (primary N) is 1. The molecule has 5 heteroatoms. The van der Waals surface area contributed by atoms with Crippen molar-refractivity contribution in [1.82, 2.24) is 9.80 Å². The van der Waals surface area contributed by atoms with Gasteiger partial charge in [-0.05, 0) is 19.8 Å². The molecule has 2 amide bonds. The first-order valence-electron chi connectivity index (χ1n) is 6.29. The Bertz CT molecular complexity index is 249. The van der Waals surface area contributed by atoms with Crippen molar-refractivity contribution in [3.05, 3.63) is 0 Å². The lowest BCUT2D eigenvalue weighted by Crippen LogP contribution is -2.45. The van der Waals surface area contributed by atoms with Crippen molar-refractivity contribution in [1.29, 1.82) is 5.41 Å². The molecule has 3 N–H and O–H groups in total. The van der Waals surface area contributed by atoms with Crippen molar-refractivity contribution in [2.24, 2.45) is 11.7 Å². The Hall–Kier alpha value is -1.26. The number of urea groups is 1. The number of hydrogen-bond acceptors (Lipinski definition) is 2. The Balaban J connectivity index is 4.53. The highest BCUT2D eigenvalue weighted by molar-refractivity contribution is 5.78. The Morgan fingerprint density at radius 2 is 1.76 bits per heavy atom. The summed E-state index contributed by atoms with van der Waals surface area (Å²) in [4.78, 5) is 15.8. The first-order chi connectivity index (χ1) is 7.92. The predicted molar refractivity (Wildman–Crippen MR) is 71.3 cm³/mol. The fourth-order valence-electron chi connectivity index (χ4n) is 1.66. The molecule has 0 aliphatic heterocycles. The summed E-state index contributed by atoms with van der Waals surface area (Å²) < 4.78 is 0. The van der Waals surface area contributed by atoms with Crippen molar-refractivity contribution < 1.29 is 4.79 Å². The van der Waals surface area contributed by atoms with Gasteiger partial charge in [-0.15, -0.1) is 0 Å². The zero-order valence-electron chi connectivity index (χ0n) is 11.5. The largest absolute Gasteiger partial charge is 0.388 e. The van der Waals surface area contributed by atoms with Gasteiger partial charge in [0.2, 0.25) is 0 Å². The molecule has 0 aliphatic carbocycles. The molecule has 0 radical (unpaired) electrons.